The minimum atomic E-state index is 0.0307. The highest BCUT2D eigenvalue weighted by Crippen LogP contribution is 2.31. The Bertz CT molecular complexity index is 419. The van der Waals surface area contributed by atoms with Gasteiger partial charge in [-0.25, -0.2) is 0 Å². The van der Waals surface area contributed by atoms with Crippen molar-refractivity contribution < 1.29 is 14.3 Å². The summed E-state index contributed by atoms with van der Waals surface area (Å²) in [5.74, 6) is 1.34. The molecule has 0 aliphatic heterocycles. The monoisotopic (exact) mass is 266 g/mol. The van der Waals surface area contributed by atoms with E-state index >= 15 is 0 Å². The molecule has 0 spiro atoms. The molecular weight excluding hydrogens is 244 g/mol. The van der Waals surface area contributed by atoms with Crippen molar-refractivity contribution in [2.75, 3.05) is 27.3 Å². The van der Waals surface area contributed by atoms with E-state index in [0.717, 1.165) is 5.56 Å². The first-order chi connectivity index (χ1) is 9.10. The Hall–Kier alpha value is -1.75. The van der Waals surface area contributed by atoms with Crippen LogP contribution in [0.2, 0.25) is 0 Å². The number of carbonyl (C=O) groups excluding carboxylic acids is 1. The number of benzene rings is 1. The summed E-state index contributed by atoms with van der Waals surface area (Å²) in [5, 5.41) is 0. The molecule has 5 heteroatoms. The molecule has 19 heavy (non-hydrogen) atoms. The number of hydrogen-bond donors (Lipinski definition) is 1. The Morgan fingerprint density at radius 3 is 2.63 bits per heavy atom. The molecule has 1 amide bonds. The number of ether oxygens (including phenoxy) is 2. The SMILES string of the molecule is CCOc1cccc(CN)c1OCCC(=O)N(C)C. The average molecular weight is 266 g/mol. The highest BCUT2D eigenvalue weighted by atomic mass is 16.5. The number of nitrogens with zero attached hydrogens (tertiary/aromatic N) is 1. The maximum Gasteiger partial charge on any atom is 0.225 e. The first kappa shape index (κ1) is 15.3. The van der Waals surface area contributed by atoms with Crippen LogP contribution in [-0.4, -0.2) is 38.1 Å². The van der Waals surface area contributed by atoms with Crippen LogP contribution >= 0.6 is 0 Å². The lowest BCUT2D eigenvalue weighted by molar-refractivity contribution is -0.129. The Morgan fingerprint density at radius 1 is 1.32 bits per heavy atom. The summed E-state index contributed by atoms with van der Waals surface area (Å²) in [7, 11) is 3.45. The lowest BCUT2D eigenvalue weighted by atomic mass is 10.2. The van der Waals surface area contributed by atoms with E-state index in [1.807, 2.05) is 25.1 Å². The third-order valence-electron chi connectivity index (χ3n) is 2.64. The molecule has 0 heterocycles. The molecule has 0 saturated carbocycles. The van der Waals surface area contributed by atoms with Gasteiger partial charge < -0.3 is 20.1 Å². The van der Waals surface area contributed by atoms with Crippen molar-refractivity contribution in [3.8, 4) is 11.5 Å². The van der Waals surface area contributed by atoms with Gasteiger partial charge in [0, 0.05) is 26.2 Å². The van der Waals surface area contributed by atoms with E-state index in [2.05, 4.69) is 0 Å². The molecule has 0 aliphatic rings. The van der Waals surface area contributed by atoms with Crippen molar-refractivity contribution in [1.82, 2.24) is 4.90 Å². The van der Waals surface area contributed by atoms with Gasteiger partial charge in [0.2, 0.25) is 5.91 Å². The van der Waals surface area contributed by atoms with E-state index in [1.54, 1.807) is 19.0 Å². The molecule has 0 bridgehead atoms. The van der Waals surface area contributed by atoms with Gasteiger partial charge in [-0.1, -0.05) is 12.1 Å². The van der Waals surface area contributed by atoms with Gasteiger partial charge in [0.15, 0.2) is 11.5 Å². The van der Waals surface area contributed by atoms with Gasteiger partial charge in [-0.2, -0.15) is 0 Å². The standard InChI is InChI=1S/C14H22N2O3/c1-4-18-12-7-5-6-11(10-15)14(12)19-9-8-13(17)16(2)3/h5-7H,4,8-10,15H2,1-3H3. The quantitative estimate of drug-likeness (QED) is 0.810. The molecule has 0 saturated heterocycles. The minimum Gasteiger partial charge on any atom is -0.490 e. The van der Waals surface area contributed by atoms with Crippen molar-refractivity contribution in [2.45, 2.75) is 19.9 Å². The molecule has 1 aromatic carbocycles. The number of nitrogens with two attached hydrogens (primary N) is 1. The first-order valence-corrected chi connectivity index (χ1v) is 6.37. The fraction of sp³-hybridized carbons (Fsp3) is 0.500. The van der Waals surface area contributed by atoms with Gasteiger partial charge in [-0.05, 0) is 13.0 Å². The molecule has 0 atom stereocenters. The smallest absolute Gasteiger partial charge is 0.225 e. The van der Waals surface area contributed by atoms with Crippen LogP contribution in [0.25, 0.3) is 0 Å². The maximum absolute atomic E-state index is 11.5. The second-order valence-electron chi connectivity index (χ2n) is 4.27. The zero-order valence-electron chi connectivity index (χ0n) is 11.8. The van der Waals surface area contributed by atoms with Crippen LogP contribution in [0.5, 0.6) is 11.5 Å². The van der Waals surface area contributed by atoms with Crippen molar-refractivity contribution in [3.63, 3.8) is 0 Å². The van der Waals surface area contributed by atoms with Crippen molar-refractivity contribution in [3.05, 3.63) is 23.8 Å². The van der Waals surface area contributed by atoms with Crippen LogP contribution < -0.4 is 15.2 Å². The third kappa shape index (κ3) is 4.44. The van der Waals surface area contributed by atoms with E-state index in [4.69, 9.17) is 15.2 Å². The molecule has 0 radical (unpaired) electrons. The predicted octanol–water partition coefficient (Wildman–Crippen LogP) is 1.40. The minimum absolute atomic E-state index is 0.0307. The van der Waals surface area contributed by atoms with Gasteiger partial charge in [0.25, 0.3) is 0 Å². The Kier molecular flexibility index (Phi) is 6.15. The molecule has 5 nitrogen and oxygen atoms in total. The lowest BCUT2D eigenvalue weighted by Gasteiger charge is -2.16. The molecule has 0 fully saturated rings. The molecule has 1 aromatic rings. The summed E-state index contributed by atoms with van der Waals surface area (Å²) in [6.45, 7) is 3.15. The zero-order valence-corrected chi connectivity index (χ0v) is 11.8. The van der Waals surface area contributed by atoms with Crippen LogP contribution in [0, 0.1) is 0 Å². The highest BCUT2D eigenvalue weighted by Gasteiger charge is 2.11. The topological polar surface area (TPSA) is 64.8 Å². The molecular formula is C14H22N2O3. The average Bonchev–Trinajstić information content (AvgIpc) is 2.40. The van der Waals surface area contributed by atoms with E-state index in [-0.39, 0.29) is 5.91 Å². The summed E-state index contributed by atoms with van der Waals surface area (Å²) in [5.41, 5.74) is 6.56. The summed E-state index contributed by atoms with van der Waals surface area (Å²) in [4.78, 5) is 13.0. The fourth-order valence-corrected chi connectivity index (χ4v) is 1.62. The molecule has 2 N–H and O–H groups in total. The normalized spacial score (nSPS) is 10.1. The summed E-state index contributed by atoms with van der Waals surface area (Å²) in [6.07, 6.45) is 0.331. The molecule has 0 unspecified atom stereocenters. The van der Waals surface area contributed by atoms with Crippen LogP contribution in [0.1, 0.15) is 18.9 Å². The van der Waals surface area contributed by atoms with E-state index in [0.29, 0.717) is 37.7 Å². The summed E-state index contributed by atoms with van der Waals surface area (Å²) < 4.78 is 11.2. The van der Waals surface area contributed by atoms with Gasteiger partial charge >= 0.3 is 0 Å². The number of hydrogen-bond acceptors (Lipinski definition) is 4. The number of rotatable bonds is 7. The highest BCUT2D eigenvalue weighted by molar-refractivity contribution is 5.75. The lowest BCUT2D eigenvalue weighted by Crippen LogP contribution is -2.23. The molecule has 0 aromatic heterocycles. The van der Waals surface area contributed by atoms with Crippen molar-refractivity contribution >= 4 is 5.91 Å². The van der Waals surface area contributed by atoms with E-state index < -0.39 is 0 Å². The van der Waals surface area contributed by atoms with Crippen LogP contribution in [0.4, 0.5) is 0 Å². The molecule has 1 rings (SSSR count). The van der Waals surface area contributed by atoms with E-state index in [1.165, 1.54) is 0 Å². The zero-order chi connectivity index (χ0) is 14.3. The Balaban J connectivity index is 2.72. The molecule has 106 valence electrons. The maximum atomic E-state index is 11.5. The molecule has 0 aliphatic carbocycles. The summed E-state index contributed by atoms with van der Waals surface area (Å²) >= 11 is 0. The second-order valence-corrected chi connectivity index (χ2v) is 4.27. The first-order valence-electron chi connectivity index (χ1n) is 6.37. The summed E-state index contributed by atoms with van der Waals surface area (Å²) in [6, 6.07) is 5.61. The van der Waals surface area contributed by atoms with Crippen LogP contribution in [0.3, 0.4) is 0 Å². The van der Waals surface area contributed by atoms with Gasteiger partial charge in [-0.3, -0.25) is 4.79 Å². The number of para-hydroxylation sites is 1. The number of amides is 1. The van der Waals surface area contributed by atoms with Gasteiger partial charge in [0.1, 0.15) is 0 Å². The van der Waals surface area contributed by atoms with Gasteiger partial charge in [-0.15, -0.1) is 0 Å². The largest absolute Gasteiger partial charge is 0.490 e. The third-order valence-corrected chi connectivity index (χ3v) is 2.64. The van der Waals surface area contributed by atoms with Crippen LogP contribution in [-0.2, 0) is 11.3 Å². The Morgan fingerprint density at radius 2 is 2.05 bits per heavy atom. The predicted molar refractivity (Wildman–Crippen MR) is 74.3 cm³/mol. The van der Waals surface area contributed by atoms with Crippen molar-refractivity contribution in [1.29, 1.82) is 0 Å². The van der Waals surface area contributed by atoms with E-state index in [9.17, 15) is 4.79 Å². The second kappa shape index (κ2) is 7.63. The van der Waals surface area contributed by atoms with Crippen molar-refractivity contribution in [2.24, 2.45) is 5.73 Å². The fourth-order valence-electron chi connectivity index (χ4n) is 1.62. The van der Waals surface area contributed by atoms with Crippen LogP contribution in [0.15, 0.2) is 18.2 Å². The van der Waals surface area contributed by atoms with Gasteiger partial charge in [0.05, 0.1) is 19.6 Å². The number of carbonyl (C=O) groups is 1. The Labute approximate surface area is 114 Å².